The molecule has 0 unspecified atom stereocenters. The van der Waals surface area contributed by atoms with Crippen LogP contribution in [0.2, 0.25) is 0 Å². The number of hydrogen-bond acceptors (Lipinski definition) is 4. The molecule has 0 radical (unpaired) electrons. The number of benzene rings is 2. The summed E-state index contributed by atoms with van der Waals surface area (Å²) in [6, 6.07) is 11.1. The maximum atomic E-state index is 13.0. The van der Waals surface area contributed by atoms with Gasteiger partial charge >= 0.3 is 6.18 Å². The number of fused-ring (bicyclic) bond motifs is 1. The van der Waals surface area contributed by atoms with Crippen LogP contribution >= 0.6 is 0 Å². The van der Waals surface area contributed by atoms with Crippen molar-refractivity contribution in [2.75, 3.05) is 5.32 Å². The molecule has 0 amide bonds. The van der Waals surface area contributed by atoms with Gasteiger partial charge in [0.25, 0.3) is 5.69 Å². The summed E-state index contributed by atoms with van der Waals surface area (Å²) in [5.74, 6) is 0. The Labute approximate surface area is 133 Å². The summed E-state index contributed by atoms with van der Waals surface area (Å²) in [5, 5.41) is 14.0. The Morgan fingerprint density at radius 2 is 1.83 bits per heavy atom. The zero-order valence-electron chi connectivity index (χ0n) is 12.0. The number of rotatable bonds is 3. The van der Waals surface area contributed by atoms with Gasteiger partial charge in [-0.15, -0.1) is 0 Å². The van der Waals surface area contributed by atoms with Crippen LogP contribution in [0.3, 0.4) is 0 Å². The molecule has 24 heavy (non-hydrogen) atoms. The molecule has 0 atom stereocenters. The van der Waals surface area contributed by atoms with E-state index in [2.05, 4.69) is 10.3 Å². The van der Waals surface area contributed by atoms with Crippen LogP contribution in [0.1, 0.15) is 5.56 Å². The Kier molecular flexibility index (Phi) is 3.80. The highest BCUT2D eigenvalue weighted by atomic mass is 19.4. The fourth-order valence-corrected chi connectivity index (χ4v) is 2.29. The van der Waals surface area contributed by atoms with E-state index in [0.717, 1.165) is 12.3 Å². The van der Waals surface area contributed by atoms with Gasteiger partial charge in [0.1, 0.15) is 6.20 Å². The first-order valence-electron chi connectivity index (χ1n) is 6.82. The Morgan fingerprint density at radius 1 is 1.08 bits per heavy atom. The van der Waals surface area contributed by atoms with E-state index >= 15 is 0 Å². The van der Waals surface area contributed by atoms with E-state index in [1.165, 1.54) is 30.3 Å². The van der Waals surface area contributed by atoms with Crippen molar-refractivity contribution >= 4 is 28.0 Å². The average molecular weight is 333 g/mol. The van der Waals surface area contributed by atoms with E-state index in [0.29, 0.717) is 16.6 Å². The van der Waals surface area contributed by atoms with Crippen LogP contribution in [0, 0.1) is 10.1 Å². The zero-order chi connectivity index (χ0) is 17.3. The summed E-state index contributed by atoms with van der Waals surface area (Å²) in [7, 11) is 0. The highest BCUT2D eigenvalue weighted by molar-refractivity contribution is 5.85. The van der Waals surface area contributed by atoms with E-state index < -0.39 is 16.7 Å². The molecule has 8 heteroatoms. The lowest BCUT2D eigenvalue weighted by molar-refractivity contribution is -0.385. The molecule has 0 saturated carbocycles. The van der Waals surface area contributed by atoms with Gasteiger partial charge in [-0.25, -0.2) is 4.98 Å². The number of nitrogens with one attached hydrogen (secondary N) is 1. The Balaban J connectivity index is 2.01. The maximum Gasteiger partial charge on any atom is 0.418 e. The lowest BCUT2D eigenvalue weighted by atomic mass is 10.1. The summed E-state index contributed by atoms with van der Waals surface area (Å²) in [6.45, 7) is 0. The number of nitro groups is 1. The first-order chi connectivity index (χ1) is 11.3. The second kappa shape index (κ2) is 5.80. The van der Waals surface area contributed by atoms with Gasteiger partial charge in [-0.1, -0.05) is 12.1 Å². The van der Waals surface area contributed by atoms with Gasteiger partial charge in [-0.3, -0.25) is 10.1 Å². The van der Waals surface area contributed by atoms with Gasteiger partial charge < -0.3 is 5.32 Å². The van der Waals surface area contributed by atoms with Crippen LogP contribution in [0.15, 0.2) is 54.7 Å². The second-order valence-corrected chi connectivity index (χ2v) is 5.03. The van der Waals surface area contributed by atoms with E-state index in [-0.39, 0.29) is 11.4 Å². The Morgan fingerprint density at radius 3 is 2.54 bits per heavy atom. The minimum Gasteiger partial charge on any atom is -0.355 e. The predicted octanol–water partition coefficient (Wildman–Crippen LogP) is 4.91. The zero-order valence-corrected chi connectivity index (χ0v) is 12.0. The topological polar surface area (TPSA) is 68.1 Å². The van der Waals surface area contributed by atoms with Crippen LogP contribution in [0.4, 0.5) is 30.2 Å². The molecule has 3 rings (SSSR count). The van der Waals surface area contributed by atoms with Crippen molar-refractivity contribution in [3.8, 4) is 0 Å². The lowest BCUT2D eigenvalue weighted by Crippen LogP contribution is -2.08. The standard InChI is InChI=1S/C16H10F3N3O2/c17-16(18,19)13-3-1-2-4-15(13)21-11-5-6-14-10(7-11)8-12(9-20-14)22(23)24/h1-9,21H. The molecular formula is C16H10F3N3O2. The van der Waals surface area contributed by atoms with E-state index in [1.807, 2.05) is 0 Å². The normalized spacial score (nSPS) is 11.5. The summed E-state index contributed by atoms with van der Waals surface area (Å²) in [5.41, 5.74) is -0.183. The highest BCUT2D eigenvalue weighted by Crippen LogP contribution is 2.36. The summed E-state index contributed by atoms with van der Waals surface area (Å²) < 4.78 is 39.1. The summed E-state index contributed by atoms with van der Waals surface area (Å²) in [6.07, 6.45) is -3.35. The third-order valence-corrected chi connectivity index (χ3v) is 3.39. The SMILES string of the molecule is O=[N+]([O-])c1cnc2ccc(Nc3ccccc3C(F)(F)F)cc2c1. The molecule has 0 saturated heterocycles. The average Bonchev–Trinajstić information content (AvgIpc) is 2.53. The van der Waals surface area contributed by atoms with Crippen molar-refractivity contribution in [3.05, 3.63) is 70.4 Å². The van der Waals surface area contributed by atoms with Gasteiger partial charge in [-0.05, 0) is 30.3 Å². The summed E-state index contributed by atoms with van der Waals surface area (Å²) in [4.78, 5) is 14.2. The van der Waals surface area contributed by atoms with Crippen molar-refractivity contribution in [2.45, 2.75) is 6.18 Å². The largest absolute Gasteiger partial charge is 0.418 e. The molecule has 1 aromatic heterocycles. The monoisotopic (exact) mass is 333 g/mol. The summed E-state index contributed by atoms with van der Waals surface area (Å²) >= 11 is 0. The van der Waals surface area contributed by atoms with Crippen molar-refractivity contribution < 1.29 is 18.1 Å². The highest BCUT2D eigenvalue weighted by Gasteiger charge is 2.33. The van der Waals surface area contributed by atoms with Crippen molar-refractivity contribution in [1.29, 1.82) is 0 Å². The molecular weight excluding hydrogens is 323 g/mol. The molecule has 1 heterocycles. The second-order valence-electron chi connectivity index (χ2n) is 5.03. The number of alkyl halides is 3. The third-order valence-electron chi connectivity index (χ3n) is 3.39. The quantitative estimate of drug-likeness (QED) is 0.546. The number of para-hydroxylation sites is 1. The van der Waals surface area contributed by atoms with E-state index in [9.17, 15) is 23.3 Å². The number of anilines is 2. The van der Waals surface area contributed by atoms with Gasteiger partial charge in [0.15, 0.2) is 0 Å². The molecule has 122 valence electrons. The maximum absolute atomic E-state index is 13.0. The molecule has 0 aliphatic carbocycles. The molecule has 3 aromatic rings. The van der Waals surface area contributed by atoms with E-state index in [4.69, 9.17) is 0 Å². The van der Waals surface area contributed by atoms with Crippen LogP contribution in [0.5, 0.6) is 0 Å². The number of aromatic nitrogens is 1. The molecule has 0 aliphatic rings. The van der Waals surface area contributed by atoms with Crippen LogP contribution < -0.4 is 5.32 Å². The Hall–Kier alpha value is -3.16. The number of hydrogen-bond donors (Lipinski definition) is 1. The fourth-order valence-electron chi connectivity index (χ4n) is 2.29. The molecule has 5 nitrogen and oxygen atoms in total. The third kappa shape index (κ3) is 3.12. The molecule has 0 bridgehead atoms. The number of nitrogens with zero attached hydrogens (tertiary/aromatic N) is 2. The fraction of sp³-hybridized carbons (Fsp3) is 0.0625. The number of pyridine rings is 1. The van der Waals surface area contributed by atoms with Crippen LogP contribution in [-0.2, 0) is 6.18 Å². The van der Waals surface area contributed by atoms with Crippen molar-refractivity contribution in [1.82, 2.24) is 4.98 Å². The van der Waals surface area contributed by atoms with Crippen LogP contribution in [0.25, 0.3) is 10.9 Å². The van der Waals surface area contributed by atoms with Gasteiger partial charge in [0.2, 0.25) is 0 Å². The first kappa shape index (κ1) is 15.7. The smallest absolute Gasteiger partial charge is 0.355 e. The van der Waals surface area contributed by atoms with E-state index in [1.54, 1.807) is 12.1 Å². The first-order valence-corrected chi connectivity index (χ1v) is 6.82. The number of halogens is 3. The minimum atomic E-state index is -4.49. The molecule has 0 fully saturated rings. The van der Waals surface area contributed by atoms with Gasteiger partial charge in [0, 0.05) is 17.1 Å². The van der Waals surface area contributed by atoms with Crippen molar-refractivity contribution in [3.63, 3.8) is 0 Å². The predicted molar refractivity (Wildman–Crippen MR) is 83.1 cm³/mol. The van der Waals surface area contributed by atoms with Crippen LogP contribution in [-0.4, -0.2) is 9.91 Å². The van der Waals surface area contributed by atoms with Gasteiger partial charge in [0.05, 0.1) is 21.7 Å². The Bertz CT molecular complexity index is 926. The molecule has 0 aliphatic heterocycles. The molecule has 1 N–H and O–H groups in total. The molecule has 0 spiro atoms. The lowest BCUT2D eigenvalue weighted by Gasteiger charge is -2.14. The minimum absolute atomic E-state index is 0.0947. The van der Waals surface area contributed by atoms with Gasteiger partial charge in [-0.2, -0.15) is 13.2 Å². The molecule has 2 aromatic carbocycles. The van der Waals surface area contributed by atoms with Crippen molar-refractivity contribution in [2.24, 2.45) is 0 Å².